The van der Waals surface area contributed by atoms with E-state index in [1.807, 2.05) is 0 Å². The first-order valence-corrected chi connectivity index (χ1v) is 6.15. The van der Waals surface area contributed by atoms with E-state index in [0.717, 1.165) is 12.1 Å². The van der Waals surface area contributed by atoms with Crippen LogP contribution in [0.25, 0.3) is 0 Å². The molecule has 1 aromatic carbocycles. The van der Waals surface area contributed by atoms with E-state index in [9.17, 15) is 22.8 Å². The van der Waals surface area contributed by atoms with Crippen LogP contribution in [0.3, 0.4) is 0 Å². The summed E-state index contributed by atoms with van der Waals surface area (Å²) >= 11 is 0. The number of carboxylic acids is 1. The lowest BCUT2D eigenvalue weighted by Gasteiger charge is -2.15. The van der Waals surface area contributed by atoms with Crippen molar-refractivity contribution in [2.24, 2.45) is 0 Å². The van der Waals surface area contributed by atoms with Gasteiger partial charge in [-0.15, -0.1) is 0 Å². The highest BCUT2D eigenvalue weighted by atomic mass is 19.4. The molecule has 0 aliphatic heterocycles. The van der Waals surface area contributed by atoms with Crippen molar-refractivity contribution < 1.29 is 32.6 Å². The van der Waals surface area contributed by atoms with Crippen molar-refractivity contribution in [2.45, 2.75) is 19.1 Å². The third kappa shape index (κ3) is 4.51. The topological polar surface area (TPSA) is 75.6 Å². The second-order valence-corrected chi connectivity index (χ2v) is 4.34. The Morgan fingerprint density at radius 1 is 1.45 bits per heavy atom. The average Bonchev–Trinajstić information content (AvgIpc) is 2.43. The van der Waals surface area contributed by atoms with Crippen LogP contribution >= 0.6 is 0 Å². The number of nitrogens with one attached hydrogen (secondary N) is 1. The van der Waals surface area contributed by atoms with Crippen molar-refractivity contribution in [1.29, 1.82) is 0 Å². The van der Waals surface area contributed by atoms with Crippen LogP contribution in [0, 0.1) is 0 Å². The van der Waals surface area contributed by atoms with Gasteiger partial charge < -0.3 is 15.2 Å². The Balaban J connectivity index is 3.18. The molecule has 5 nitrogen and oxygen atoms in total. The van der Waals surface area contributed by atoms with E-state index in [4.69, 9.17) is 9.84 Å². The molecule has 1 rings (SSSR count). The van der Waals surface area contributed by atoms with Crippen molar-refractivity contribution in [1.82, 2.24) is 5.32 Å². The van der Waals surface area contributed by atoms with Crippen LogP contribution in [0.15, 0.2) is 30.9 Å². The fourth-order valence-electron chi connectivity index (χ4n) is 1.49. The standard InChI is InChI=1S/C14H14F3NO4/c1-3-6-22-11-5-4-9(14(15,16)17)7-10(11)12(19)18-8(2)13(20)21/h3-5,7-8H,1,6H2,2H3,(H,18,19)(H,20,21). The molecule has 0 heterocycles. The summed E-state index contributed by atoms with van der Waals surface area (Å²) in [7, 11) is 0. The highest BCUT2D eigenvalue weighted by Crippen LogP contribution is 2.32. The number of benzene rings is 1. The van der Waals surface area contributed by atoms with Crippen molar-refractivity contribution >= 4 is 11.9 Å². The third-order valence-corrected chi connectivity index (χ3v) is 2.63. The summed E-state index contributed by atoms with van der Waals surface area (Å²) in [5.41, 5.74) is -1.43. The predicted molar refractivity (Wildman–Crippen MR) is 71.7 cm³/mol. The van der Waals surface area contributed by atoms with Crippen molar-refractivity contribution in [3.63, 3.8) is 0 Å². The first-order valence-electron chi connectivity index (χ1n) is 6.15. The Morgan fingerprint density at radius 3 is 2.59 bits per heavy atom. The summed E-state index contributed by atoms with van der Waals surface area (Å²) in [4.78, 5) is 22.7. The van der Waals surface area contributed by atoms with Gasteiger partial charge in [0.15, 0.2) is 0 Å². The normalized spacial score (nSPS) is 12.4. The minimum absolute atomic E-state index is 0.0138. The summed E-state index contributed by atoms with van der Waals surface area (Å²) in [5.74, 6) is -2.38. The highest BCUT2D eigenvalue weighted by Gasteiger charge is 2.32. The van der Waals surface area contributed by atoms with Crippen LogP contribution < -0.4 is 10.1 Å². The number of carboxylic acid groups (broad SMARTS) is 1. The fraction of sp³-hybridized carbons (Fsp3) is 0.286. The molecular weight excluding hydrogens is 303 g/mol. The number of aliphatic carboxylic acids is 1. The van der Waals surface area contributed by atoms with Crippen LogP contribution in [0.1, 0.15) is 22.8 Å². The number of carbonyl (C=O) groups excluding carboxylic acids is 1. The highest BCUT2D eigenvalue weighted by molar-refractivity contribution is 5.99. The Kier molecular flexibility index (Phi) is 5.56. The second-order valence-electron chi connectivity index (χ2n) is 4.34. The van der Waals surface area contributed by atoms with Gasteiger partial charge in [-0.05, 0) is 25.1 Å². The molecule has 2 N–H and O–H groups in total. The van der Waals surface area contributed by atoms with E-state index in [1.54, 1.807) is 0 Å². The van der Waals surface area contributed by atoms with Crippen molar-refractivity contribution in [3.05, 3.63) is 42.0 Å². The predicted octanol–water partition coefficient (Wildman–Crippen LogP) is 2.47. The molecule has 1 atom stereocenters. The number of halogens is 3. The number of amides is 1. The van der Waals surface area contributed by atoms with Crippen molar-refractivity contribution in [3.8, 4) is 5.75 Å². The minimum Gasteiger partial charge on any atom is -0.489 e. The Labute approximate surface area is 124 Å². The van der Waals surface area contributed by atoms with E-state index >= 15 is 0 Å². The van der Waals surface area contributed by atoms with Gasteiger partial charge in [-0.3, -0.25) is 9.59 Å². The zero-order valence-electron chi connectivity index (χ0n) is 11.6. The Hall–Kier alpha value is -2.51. The molecule has 22 heavy (non-hydrogen) atoms. The number of hydrogen-bond donors (Lipinski definition) is 2. The molecule has 0 aliphatic carbocycles. The minimum atomic E-state index is -4.63. The molecule has 0 spiro atoms. The lowest BCUT2D eigenvalue weighted by atomic mass is 10.1. The maximum Gasteiger partial charge on any atom is 0.416 e. The molecule has 0 radical (unpaired) electrons. The number of alkyl halides is 3. The largest absolute Gasteiger partial charge is 0.489 e. The zero-order valence-corrected chi connectivity index (χ0v) is 11.6. The van der Waals surface area contributed by atoms with Gasteiger partial charge >= 0.3 is 12.1 Å². The van der Waals surface area contributed by atoms with E-state index in [0.29, 0.717) is 6.07 Å². The van der Waals surface area contributed by atoms with Gasteiger partial charge in [0.1, 0.15) is 18.4 Å². The second kappa shape index (κ2) is 6.97. The number of hydrogen-bond acceptors (Lipinski definition) is 3. The molecular formula is C14H14F3NO4. The van der Waals surface area contributed by atoms with E-state index in [1.165, 1.54) is 13.0 Å². The zero-order chi connectivity index (χ0) is 16.9. The lowest BCUT2D eigenvalue weighted by molar-refractivity contribution is -0.139. The van der Waals surface area contributed by atoms with Gasteiger partial charge in [0, 0.05) is 0 Å². The quantitative estimate of drug-likeness (QED) is 0.790. The molecule has 1 aromatic rings. The first kappa shape index (κ1) is 17.5. The summed E-state index contributed by atoms with van der Waals surface area (Å²) in [6, 6.07) is 1.14. The van der Waals surface area contributed by atoms with E-state index in [2.05, 4.69) is 11.9 Å². The molecule has 1 amide bonds. The maximum atomic E-state index is 12.7. The summed E-state index contributed by atoms with van der Waals surface area (Å²) in [6.07, 6.45) is -3.27. The SMILES string of the molecule is C=CCOc1ccc(C(F)(F)F)cc1C(=O)NC(C)C(=O)O. The van der Waals surface area contributed by atoms with Gasteiger partial charge in [0.2, 0.25) is 0 Å². The number of ether oxygens (including phenoxy) is 1. The molecule has 120 valence electrons. The monoisotopic (exact) mass is 317 g/mol. The van der Waals surface area contributed by atoms with Crippen LogP contribution in [0.2, 0.25) is 0 Å². The fourth-order valence-corrected chi connectivity index (χ4v) is 1.49. The van der Waals surface area contributed by atoms with Gasteiger partial charge in [-0.1, -0.05) is 12.7 Å². The Bertz CT molecular complexity index is 584. The third-order valence-electron chi connectivity index (χ3n) is 2.63. The van der Waals surface area contributed by atoms with Gasteiger partial charge in [0.05, 0.1) is 11.1 Å². The summed E-state index contributed by atoms with van der Waals surface area (Å²) in [5, 5.41) is 10.8. The van der Waals surface area contributed by atoms with Crippen LogP contribution in [-0.2, 0) is 11.0 Å². The smallest absolute Gasteiger partial charge is 0.416 e. The molecule has 1 unspecified atom stereocenters. The lowest BCUT2D eigenvalue weighted by Crippen LogP contribution is -2.38. The summed E-state index contributed by atoms with van der Waals surface area (Å²) < 4.78 is 43.3. The van der Waals surface area contributed by atoms with Crippen LogP contribution in [-0.4, -0.2) is 29.6 Å². The van der Waals surface area contributed by atoms with Gasteiger partial charge in [-0.2, -0.15) is 13.2 Å². The summed E-state index contributed by atoms with van der Waals surface area (Å²) in [6.45, 7) is 4.57. The van der Waals surface area contributed by atoms with Crippen molar-refractivity contribution in [2.75, 3.05) is 6.61 Å². The molecule has 0 saturated heterocycles. The number of rotatable bonds is 6. The van der Waals surface area contributed by atoms with Crippen LogP contribution in [0.4, 0.5) is 13.2 Å². The first-order chi connectivity index (χ1) is 10.2. The Morgan fingerprint density at radius 2 is 2.09 bits per heavy atom. The van der Waals surface area contributed by atoms with Gasteiger partial charge in [0.25, 0.3) is 5.91 Å². The van der Waals surface area contributed by atoms with Gasteiger partial charge in [-0.25, -0.2) is 0 Å². The molecule has 0 bridgehead atoms. The average molecular weight is 317 g/mol. The molecule has 0 fully saturated rings. The maximum absolute atomic E-state index is 12.7. The van der Waals surface area contributed by atoms with Crippen LogP contribution in [0.5, 0.6) is 5.75 Å². The molecule has 0 aromatic heterocycles. The van der Waals surface area contributed by atoms with E-state index < -0.39 is 35.2 Å². The molecule has 0 aliphatic rings. The molecule has 8 heteroatoms. The van der Waals surface area contributed by atoms with E-state index in [-0.39, 0.29) is 12.4 Å². The molecule has 0 saturated carbocycles. The number of carbonyl (C=O) groups is 2.